The van der Waals surface area contributed by atoms with E-state index in [0.717, 1.165) is 0 Å². The lowest BCUT2D eigenvalue weighted by Gasteiger charge is -2.39. The molecule has 1 fully saturated rings. The number of anilines is 1. The highest BCUT2D eigenvalue weighted by atomic mass is 16.4. The van der Waals surface area contributed by atoms with Crippen LogP contribution in [0.25, 0.3) is 0 Å². The first kappa shape index (κ1) is 13.4. The number of rotatable bonds is 3. The average Bonchev–Trinajstić information content (AvgIpc) is 2.87. The second-order valence-electron chi connectivity index (χ2n) is 5.08. The molecule has 0 unspecified atom stereocenters. The van der Waals surface area contributed by atoms with Crippen LogP contribution in [0.2, 0.25) is 0 Å². The lowest BCUT2D eigenvalue weighted by molar-refractivity contribution is -0.313. The van der Waals surface area contributed by atoms with Crippen LogP contribution in [0, 0.1) is 0 Å². The van der Waals surface area contributed by atoms with E-state index in [4.69, 9.17) is 0 Å². The zero-order valence-electron chi connectivity index (χ0n) is 11.4. The first-order valence-electron chi connectivity index (χ1n) is 6.81. The van der Waals surface area contributed by atoms with Crippen molar-refractivity contribution < 1.29 is 14.7 Å². The molecule has 0 aromatic heterocycles. The molecule has 3 rings (SSSR count). The van der Waals surface area contributed by atoms with Gasteiger partial charge in [-0.2, -0.15) is 0 Å². The smallest absolute Gasteiger partial charge is 0.228 e. The number of nitrogens with zero attached hydrogens (tertiary/aromatic N) is 1. The molecule has 1 atom stereocenters. The Morgan fingerprint density at radius 2 is 1.57 bits per heavy atom. The maximum absolute atomic E-state index is 12.3. The molecule has 0 saturated carbocycles. The molecular formula is C17H14NO3-. The summed E-state index contributed by atoms with van der Waals surface area (Å²) in [7, 11) is 0. The molecule has 0 bridgehead atoms. The summed E-state index contributed by atoms with van der Waals surface area (Å²) in [5.74, 6) is -1.45. The Morgan fingerprint density at radius 1 is 1.00 bits per heavy atom. The van der Waals surface area contributed by atoms with Crippen molar-refractivity contribution in [1.82, 2.24) is 0 Å². The third kappa shape index (κ3) is 2.00. The van der Waals surface area contributed by atoms with Gasteiger partial charge in [-0.3, -0.25) is 9.69 Å². The molecule has 2 aromatic rings. The van der Waals surface area contributed by atoms with Crippen LogP contribution in [0.1, 0.15) is 18.4 Å². The summed E-state index contributed by atoms with van der Waals surface area (Å²) in [5.41, 5.74) is -0.285. The number of carboxylic acid groups (broad SMARTS) is 1. The highest BCUT2D eigenvalue weighted by Crippen LogP contribution is 2.42. The SMILES string of the molecule is O=C1CC[C@@](C(=O)[O-])(c2ccccc2)N1c1ccccc1. The Bertz CT molecular complexity index is 669. The molecule has 0 aliphatic carbocycles. The first-order chi connectivity index (χ1) is 10.2. The van der Waals surface area contributed by atoms with Crippen LogP contribution in [0.4, 0.5) is 5.69 Å². The zero-order chi connectivity index (χ0) is 14.9. The molecule has 4 nitrogen and oxygen atoms in total. The zero-order valence-corrected chi connectivity index (χ0v) is 11.4. The molecule has 1 amide bonds. The number of carbonyl (C=O) groups excluding carboxylic acids is 2. The van der Waals surface area contributed by atoms with Crippen molar-refractivity contribution >= 4 is 17.6 Å². The van der Waals surface area contributed by atoms with Gasteiger partial charge in [0.1, 0.15) is 5.54 Å². The molecule has 1 aliphatic heterocycles. The standard InChI is InChI=1S/C17H15NO3/c19-15-11-12-17(16(20)21,13-7-3-1-4-8-13)18(15)14-9-5-2-6-10-14/h1-10H,11-12H2,(H,20,21)/p-1/t17-/m0/s1. The van der Waals surface area contributed by atoms with Crippen LogP contribution in [0.3, 0.4) is 0 Å². The van der Waals surface area contributed by atoms with Gasteiger partial charge in [-0.05, 0) is 24.1 Å². The van der Waals surface area contributed by atoms with Gasteiger partial charge < -0.3 is 9.90 Å². The van der Waals surface area contributed by atoms with Crippen LogP contribution in [-0.2, 0) is 15.1 Å². The molecule has 0 N–H and O–H groups in total. The Balaban J connectivity index is 2.20. The number of para-hydroxylation sites is 1. The van der Waals surface area contributed by atoms with Gasteiger partial charge in [0, 0.05) is 12.1 Å². The maximum atomic E-state index is 12.3. The van der Waals surface area contributed by atoms with E-state index in [0.29, 0.717) is 11.3 Å². The predicted octanol–water partition coefficient (Wildman–Crippen LogP) is 1.46. The Kier molecular flexibility index (Phi) is 3.22. The van der Waals surface area contributed by atoms with Gasteiger partial charge in [0.25, 0.3) is 0 Å². The highest BCUT2D eigenvalue weighted by molar-refractivity contribution is 6.04. The Labute approximate surface area is 122 Å². The van der Waals surface area contributed by atoms with E-state index in [1.165, 1.54) is 4.90 Å². The first-order valence-corrected chi connectivity index (χ1v) is 6.81. The third-order valence-corrected chi connectivity index (χ3v) is 3.94. The normalized spacial score (nSPS) is 21.5. The van der Waals surface area contributed by atoms with Gasteiger partial charge in [0.05, 0.1) is 5.97 Å². The minimum atomic E-state index is -1.43. The molecule has 1 aliphatic rings. The number of hydrogen-bond donors (Lipinski definition) is 0. The number of carboxylic acids is 1. The van der Waals surface area contributed by atoms with Gasteiger partial charge >= 0.3 is 0 Å². The van der Waals surface area contributed by atoms with Crippen molar-refractivity contribution in [1.29, 1.82) is 0 Å². The molecule has 1 heterocycles. The fourth-order valence-corrected chi connectivity index (χ4v) is 2.96. The lowest BCUT2D eigenvalue weighted by atomic mass is 9.87. The second kappa shape index (κ2) is 5.05. The van der Waals surface area contributed by atoms with Crippen molar-refractivity contribution in [3.63, 3.8) is 0 Å². The van der Waals surface area contributed by atoms with Crippen molar-refractivity contribution in [3.8, 4) is 0 Å². The number of amides is 1. The van der Waals surface area contributed by atoms with Crippen molar-refractivity contribution in [2.24, 2.45) is 0 Å². The van der Waals surface area contributed by atoms with Crippen LogP contribution < -0.4 is 10.0 Å². The number of aliphatic carboxylic acids is 1. The monoisotopic (exact) mass is 280 g/mol. The van der Waals surface area contributed by atoms with E-state index >= 15 is 0 Å². The molecule has 0 radical (unpaired) electrons. The van der Waals surface area contributed by atoms with Gasteiger partial charge in [0.15, 0.2) is 0 Å². The molecular weight excluding hydrogens is 266 g/mol. The molecule has 1 saturated heterocycles. The largest absolute Gasteiger partial charge is 0.547 e. The summed E-state index contributed by atoms with van der Waals surface area (Å²) in [6.45, 7) is 0. The van der Waals surface area contributed by atoms with Crippen LogP contribution >= 0.6 is 0 Å². The predicted molar refractivity (Wildman–Crippen MR) is 76.3 cm³/mol. The van der Waals surface area contributed by atoms with E-state index in [2.05, 4.69) is 0 Å². The highest BCUT2D eigenvalue weighted by Gasteiger charge is 2.48. The quantitative estimate of drug-likeness (QED) is 0.855. The minimum Gasteiger partial charge on any atom is -0.547 e. The number of carbonyl (C=O) groups is 2. The average molecular weight is 280 g/mol. The topological polar surface area (TPSA) is 60.4 Å². The van der Waals surface area contributed by atoms with Gasteiger partial charge in [-0.25, -0.2) is 0 Å². The Hall–Kier alpha value is -2.62. The number of benzene rings is 2. The van der Waals surface area contributed by atoms with Crippen LogP contribution in [0.5, 0.6) is 0 Å². The van der Waals surface area contributed by atoms with E-state index in [-0.39, 0.29) is 18.7 Å². The van der Waals surface area contributed by atoms with Gasteiger partial charge in [0.2, 0.25) is 5.91 Å². The lowest BCUT2D eigenvalue weighted by Crippen LogP contribution is -2.55. The fraction of sp³-hybridized carbons (Fsp3) is 0.176. The molecule has 4 heteroatoms. The Morgan fingerprint density at radius 3 is 2.14 bits per heavy atom. The van der Waals surface area contributed by atoms with E-state index in [1.807, 2.05) is 12.1 Å². The maximum Gasteiger partial charge on any atom is 0.228 e. The molecule has 0 spiro atoms. The van der Waals surface area contributed by atoms with Crippen molar-refractivity contribution in [2.45, 2.75) is 18.4 Å². The molecule has 106 valence electrons. The number of hydrogen-bond acceptors (Lipinski definition) is 3. The van der Waals surface area contributed by atoms with Gasteiger partial charge in [-0.1, -0.05) is 48.5 Å². The summed E-state index contributed by atoms with van der Waals surface area (Å²) >= 11 is 0. The molecule has 21 heavy (non-hydrogen) atoms. The summed E-state index contributed by atoms with van der Waals surface area (Å²) < 4.78 is 0. The fourth-order valence-electron chi connectivity index (χ4n) is 2.96. The third-order valence-electron chi connectivity index (χ3n) is 3.94. The molecule has 2 aromatic carbocycles. The summed E-state index contributed by atoms with van der Waals surface area (Å²) in [6, 6.07) is 17.7. The van der Waals surface area contributed by atoms with E-state index < -0.39 is 11.5 Å². The van der Waals surface area contributed by atoms with Crippen LogP contribution in [0.15, 0.2) is 60.7 Å². The second-order valence-corrected chi connectivity index (χ2v) is 5.08. The summed E-state index contributed by atoms with van der Waals surface area (Å²) in [4.78, 5) is 25.6. The minimum absolute atomic E-state index is 0.192. The summed E-state index contributed by atoms with van der Waals surface area (Å²) in [6.07, 6.45) is 0.408. The van der Waals surface area contributed by atoms with Crippen molar-refractivity contribution in [2.75, 3.05) is 4.90 Å². The van der Waals surface area contributed by atoms with E-state index in [1.54, 1.807) is 48.5 Å². The van der Waals surface area contributed by atoms with E-state index in [9.17, 15) is 14.7 Å². The van der Waals surface area contributed by atoms with Crippen molar-refractivity contribution in [3.05, 3.63) is 66.2 Å². The summed E-state index contributed by atoms with van der Waals surface area (Å²) in [5, 5.41) is 11.9. The van der Waals surface area contributed by atoms with Gasteiger partial charge in [-0.15, -0.1) is 0 Å². The van der Waals surface area contributed by atoms with Crippen LogP contribution in [-0.4, -0.2) is 11.9 Å².